The zero-order chi connectivity index (χ0) is 15.0. The first-order chi connectivity index (χ1) is 9.96. The summed E-state index contributed by atoms with van der Waals surface area (Å²) >= 11 is 0. The van der Waals surface area contributed by atoms with Crippen LogP contribution in [0, 0.1) is 5.41 Å². The van der Waals surface area contributed by atoms with Crippen LogP contribution in [0.1, 0.15) is 44.5 Å². The van der Waals surface area contributed by atoms with Crippen molar-refractivity contribution in [1.29, 1.82) is 0 Å². The normalized spacial score (nSPS) is 19.9. The summed E-state index contributed by atoms with van der Waals surface area (Å²) in [4.78, 5) is 11.5. The van der Waals surface area contributed by atoms with Crippen molar-refractivity contribution >= 4 is 5.91 Å². The van der Waals surface area contributed by atoms with E-state index in [1.54, 1.807) is 6.92 Å². The minimum atomic E-state index is 0.0103. The number of nitrogens with one attached hydrogen (secondary N) is 1. The van der Waals surface area contributed by atoms with E-state index in [4.69, 9.17) is 0 Å². The largest absolute Gasteiger partial charge is 0.349 e. The van der Waals surface area contributed by atoms with Gasteiger partial charge in [0.05, 0.1) is 23.6 Å². The Morgan fingerprint density at radius 2 is 2.05 bits per heavy atom. The molecule has 0 aliphatic heterocycles. The molecule has 0 fully saturated rings. The van der Waals surface area contributed by atoms with Gasteiger partial charge in [-0.1, -0.05) is 32.0 Å². The van der Waals surface area contributed by atoms with Crippen molar-refractivity contribution in [1.82, 2.24) is 15.1 Å². The molecule has 0 bridgehead atoms. The fourth-order valence-electron chi connectivity index (χ4n) is 3.21. The van der Waals surface area contributed by atoms with Gasteiger partial charge in [0, 0.05) is 12.5 Å². The topological polar surface area (TPSA) is 46.9 Å². The number of amides is 1. The fraction of sp³-hybridized carbons (Fsp3) is 0.412. The number of aromatic nitrogens is 2. The molecule has 1 unspecified atom stereocenters. The first-order valence-electron chi connectivity index (χ1n) is 7.36. The molecule has 4 heteroatoms. The molecule has 1 amide bonds. The molecule has 21 heavy (non-hydrogen) atoms. The van der Waals surface area contributed by atoms with Crippen molar-refractivity contribution in [3.8, 4) is 5.69 Å². The van der Waals surface area contributed by atoms with E-state index in [9.17, 15) is 4.79 Å². The zero-order valence-electron chi connectivity index (χ0n) is 12.8. The summed E-state index contributed by atoms with van der Waals surface area (Å²) in [5.41, 5.74) is 3.56. The van der Waals surface area contributed by atoms with E-state index in [2.05, 4.69) is 36.4 Å². The van der Waals surface area contributed by atoms with Crippen LogP contribution < -0.4 is 5.32 Å². The highest BCUT2D eigenvalue weighted by Crippen LogP contribution is 2.41. The van der Waals surface area contributed by atoms with Gasteiger partial charge in [0.2, 0.25) is 5.91 Å². The van der Waals surface area contributed by atoms with Gasteiger partial charge in [0.25, 0.3) is 0 Å². The molecule has 1 heterocycles. The molecule has 1 N–H and O–H groups in total. The van der Waals surface area contributed by atoms with Crippen LogP contribution >= 0.6 is 0 Å². The summed E-state index contributed by atoms with van der Waals surface area (Å²) in [5, 5.41) is 7.62. The third-order valence-corrected chi connectivity index (χ3v) is 4.06. The highest BCUT2D eigenvalue weighted by Gasteiger charge is 2.35. The van der Waals surface area contributed by atoms with Crippen molar-refractivity contribution in [2.24, 2.45) is 5.41 Å². The van der Waals surface area contributed by atoms with Gasteiger partial charge < -0.3 is 5.32 Å². The number of benzene rings is 1. The Morgan fingerprint density at radius 1 is 1.33 bits per heavy atom. The summed E-state index contributed by atoms with van der Waals surface area (Å²) in [6.45, 7) is 6.06. The Kier molecular flexibility index (Phi) is 3.32. The molecular formula is C17H21N3O. The number of nitrogens with zero attached hydrogens (tertiary/aromatic N) is 2. The number of hydrogen-bond acceptors (Lipinski definition) is 2. The number of fused-ring (bicyclic) bond motifs is 1. The van der Waals surface area contributed by atoms with Crippen molar-refractivity contribution in [2.75, 3.05) is 0 Å². The Labute approximate surface area is 125 Å². The summed E-state index contributed by atoms with van der Waals surface area (Å²) in [5.74, 6) is 0.0103. The summed E-state index contributed by atoms with van der Waals surface area (Å²) in [7, 11) is 0. The van der Waals surface area contributed by atoms with Crippen molar-refractivity contribution in [3.05, 3.63) is 47.8 Å². The number of carbonyl (C=O) groups excluding carboxylic acids is 1. The molecule has 4 nitrogen and oxygen atoms in total. The van der Waals surface area contributed by atoms with Crippen LogP contribution in [-0.4, -0.2) is 15.7 Å². The zero-order valence-corrected chi connectivity index (χ0v) is 12.8. The molecule has 2 aromatic rings. The lowest BCUT2D eigenvalue weighted by atomic mass is 9.74. The number of carbonyl (C=O) groups is 1. The molecule has 0 radical (unpaired) electrons. The summed E-state index contributed by atoms with van der Waals surface area (Å²) in [6.07, 6.45) is 3.81. The van der Waals surface area contributed by atoms with Gasteiger partial charge in [-0.05, 0) is 30.4 Å². The third kappa shape index (κ3) is 2.71. The molecule has 1 aromatic heterocycles. The van der Waals surface area contributed by atoms with Gasteiger partial charge in [-0.2, -0.15) is 5.10 Å². The Bertz CT molecular complexity index is 658. The van der Waals surface area contributed by atoms with Crippen LogP contribution in [0.15, 0.2) is 36.5 Å². The predicted octanol–water partition coefficient (Wildman–Crippen LogP) is 3.02. The van der Waals surface area contributed by atoms with Crippen molar-refractivity contribution < 1.29 is 4.79 Å². The lowest BCUT2D eigenvalue weighted by Crippen LogP contribution is -2.35. The quantitative estimate of drug-likeness (QED) is 0.921. The van der Waals surface area contributed by atoms with Gasteiger partial charge in [0.15, 0.2) is 0 Å². The lowest BCUT2D eigenvalue weighted by molar-refractivity contribution is -0.120. The molecule has 1 aliphatic rings. The molecule has 0 saturated heterocycles. The second-order valence-corrected chi connectivity index (χ2v) is 6.59. The third-order valence-electron chi connectivity index (χ3n) is 4.06. The van der Waals surface area contributed by atoms with Crippen molar-refractivity contribution in [2.45, 2.75) is 39.7 Å². The van der Waals surface area contributed by atoms with Crippen molar-refractivity contribution in [3.63, 3.8) is 0 Å². The highest BCUT2D eigenvalue weighted by atomic mass is 16.1. The molecule has 0 saturated carbocycles. The van der Waals surface area contributed by atoms with E-state index in [-0.39, 0.29) is 17.4 Å². The monoisotopic (exact) mass is 283 g/mol. The predicted molar refractivity (Wildman–Crippen MR) is 82.2 cm³/mol. The molecule has 1 aliphatic carbocycles. The van der Waals surface area contributed by atoms with Gasteiger partial charge in [-0.15, -0.1) is 0 Å². The van der Waals surface area contributed by atoms with E-state index >= 15 is 0 Å². The average Bonchev–Trinajstić information content (AvgIpc) is 2.81. The first-order valence-corrected chi connectivity index (χ1v) is 7.36. The molecular weight excluding hydrogens is 262 g/mol. The molecule has 1 aromatic carbocycles. The maximum Gasteiger partial charge on any atom is 0.217 e. The van der Waals surface area contributed by atoms with Gasteiger partial charge >= 0.3 is 0 Å². The highest BCUT2D eigenvalue weighted by molar-refractivity contribution is 5.73. The Balaban J connectivity index is 2.06. The molecule has 110 valence electrons. The van der Waals surface area contributed by atoms with E-state index < -0.39 is 0 Å². The minimum absolute atomic E-state index is 0.0103. The average molecular weight is 283 g/mol. The number of para-hydroxylation sites is 1. The van der Waals surface area contributed by atoms with Gasteiger partial charge in [-0.3, -0.25) is 4.79 Å². The summed E-state index contributed by atoms with van der Waals surface area (Å²) < 4.78 is 2.01. The molecule has 3 rings (SSSR count). The van der Waals surface area contributed by atoms with Gasteiger partial charge in [0.1, 0.15) is 0 Å². The molecule has 1 atom stereocenters. The van der Waals surface area contributed by atoms with Crippen LogP contribution in [0.25, 0.3) is 5.69 Å². The first kappa shape index (κ1) is 13.9. The van der Waals surface area contributed by atoms with E-state index in [0.29, 0.717) is 0 Å². The van der Waals surface area contributed by atoms with Crippen LogP contribution in [0.3, 0.4) is 0 Å². The van der Waals surface area contributed by atoms with Crippen LogP contribution in [0.5, 0.6) is 0 Å². The smallest absolute Gasteiger partial charge is 0.217 e. The summed E-state index contributed by atoms with van der Waals surface area (Å²) in [6, 6.07) is 10.2. The second-order valence-electron chi connectivity index (χ2n) is 6.59. The van der Waals surface area contributed by atoms with E-state index in [0.717, 1.165) is 24.1 Å². The Morgan fingerprint density at radius 3 is 2.71 bits per heavy atom. The van der Waals surface area contributed by atoms with Crippen LogP contribution in [-0.2, 0) is 11.2 Å². The SMILES string of the molecule is CC(=O)NC1CC(C)(C)Cc2c1cnn2-c1ccccc1. The maximum atomic E-state index is 11.5. The van der Waals surface area contributed by atoms with Crippen LogP contribution in [0.4, 0.5) is 0 Å². The van der Waals surface area contributed by atoms with Gasteiger partial charge in [-0.25, -0.2) is 4.68 Å². The van der Waals surface area contributed by atoms with E-state index in [1.165, 1.54) is 5.69 Å². The fourth-order valence-corrected chi connectivity index (χ4v) is 3.21. The second kappa shape index (κ2) is 5.02. The van der Waals surface area contributed by atoms with E-state index in [1.807, 2.05) is 29.1 Å². The minimum Gasteiger partial charge on any atom is -0.349 e. The number of hydrogen-bond donors (Lipinski definition) is 1. The Hall–Kier alpha value is -2.10. The maximum absolute atomic E-state index is 11.5. The standard InChI is InChI=1S/C17H21N3O/c1-12(21)19-15-9-17(2,3)10-16-14(15)11-18-20(16)13-7-5-4-6-8-13/h4-8,11,15H,9-10H2,1-3H3,(H,19,21). The lowest BCUT2D eigenvalue weighted by Gasteiger charge is -2.35. The number of rotatable bonds is 2. The van der Waals surface area contributed by atoms with Crippen LogP contribution in [0.2, 0.25) is 0 Å². The molecule has 0 spiro atoms.